The summed E-state index contributed by atoms with van der Waals surface area (Å²) in [5, 5.41) is 13.3. The maximum Gasteiger partial charge on any atom is 0.375 e. The Morgan fingerprint density at radius 3 is 2.38 bits per heavy atom. The number of hydrogen-bond acceptors (Lipinski definition) is 4. The molecule has 122 valence electrons. The number of nitrogens with zero attached hydrogens (tertiary/aromatic N) is 3. The van der Waals surface area contributed by atoms with Crippen LogP contribution in [-0.2, 0) is 0 Å². The number of aryl methyl sites for hydroxylation is 1. The Labute approximate surface area is 139 Å². The van der Waals surface area contributed by atoms with E-state index in [1.54, 1.807) is 0 Å². The summed E-state index contributed by atoms with van der Waals surface area (Å²) in [5.74, 6) is -0.166. The molecule has 0 unspecified atom stereocenters. The number of hydrogen-bond donors (Lipinski definition) is 1. The highest BCUT2D eigenvalue weighted by molar-refractivity contribution is 5.84. The molecular formula is C18H17N3O3. The first-order valence-electron chi connectivity index (χ1n) is 7.59. The minimum absolute atomic E-state index is 0.237. The Morgan fingerprint density at radius 1 is 1.12 bits per heavy atom. The van der Waals surface area contributed by atoms with E-state index in [2.05, 4.69) is 10.1 Å². The Morgan fingerprint density at radius 2 is 1.79 bits per heavy atom. The minimum atomic E-state index is -1.16. The summed E-state index contributed by atoms with van der Waals surface area (Å²) >= 11 is 0. The monoisotopic (exact) mass is 323 g/mol. The Kier molecular flexibility index (Phi) is 4.29. The standard InChI is InChI=1S/C18H17N3O3/c1-3-24-15-10-8-14(9-11-15)21-17(19-16(20-21)18(22)23)13-6-4-12(2)5-7-13/h4-11H,3H2,1-2H3,(H,22,23). The molecule has 0 saturated carbocycles. The lowest BCUT2D eigenvalue weighted by atomic mass is 10.1. The van der Waals surface area contributed by atoms with Crippen LogP contribution in [0.4, 0.5) is 0 Å². The number of carboxylic acid groups (broad SMARTS) is 1. The topological polar surface area (TPSA) is 77.2 Å². The fourth-order valence-electron chi connectivity index (χ4n) is 2.32. The first-order chi connectivity index (χ1) is 11.6. The van der Waals surface area contributed by atoms with Crippen LogP contribution in [-0.4, -0.2) is 32.4 Å². The number of rotatable bonds is 5. The van der Waals surface area contributed by atoms with Crippen LogP contribution in [0.5, 0.6) is 5.75 Å². The van der Waals surface area contributed by atoms with E-state index in [1.165, 1.54) is 4.68 Å². The number of carboxylic acids is 1. The van der Waals surface area contributed by atoms with Gasteiger partial charge in [0.25, 0.3) is 5.82 Å². The predicted molar refractivity (Wildman–Crippen MR) is 89.7 cm³/mol. The van der Waals surface area contributed by atoms with E-state index in [0.29, 0.717) is 18.1 Å². The molecule has 0 amide bonds. The molecule has 0 bridgehead atoms. The highest BCUT2D eigenvalue weighted by Gasteiger charge is 2.17. The predicted octanol–water partition coefficient (Wildman–Crippen LogP) is 3.34. The summed E-state index contributed by atoms with van der Waals surface area (Å²) in [6.07, 6.45) is 0. The maximum absolute atomic E-state index is 11.3. The van der Waals surface area contributed by atoms with Crippen LogP contribution in [0.15, 0.2) is 48.5 Å². The van der Waals surface area contributed by atoms with Gasteiger partial charge in [0.15, 0.2) is 5.82 Å². The third-order valence-electron chi connectivity index (χ3n) is 3.50. The van der Waals surface area contributed by atoms with E-state index < -0.39 is 5.97 Å². The van der Waals surface area contributed by atoms with Crippen molar-refractivity contribution in [1.29, 1.82) is 0 Å². The summed E-state index contributed by atoms with van der Waals surface area (Å²) in [7, 11) is 0. The minimum Gasteiger partial charge on any atom is -0.494 e. The van der Waals surface area contributed by atoms with Crippen molar-refractivity contribution in [1.82, 2.24) is 14.8 Å². The average Bonchev–Trinajstić information content (AvgIpc) is 3.02. The van der Waals surface area contributed by atoms with Crippen LogP contribution in [0, 0.1) is 6.92 Å². The quantitative estimate of drug-likeness (QED) is 0.779. The number of aromatic nitrogens is 3. The van der Waals surface area contributed by atoms with Crippen LogP contribution in [0.25, 0.3) is 17.1 Å². The number of ether oxygens (including phenoxy) is 1. The molecule has 24 heavy (non-hydrogen) atoms. The van der Waals surface area contributed by atoms with Crippen molar-refractivity contribution in [2.75, 3.05) is 6.61 Å². The van der Waals surface area contributed by atoms with Gasteiger partial charge in [-0.3, -0.25) is 0 Å². The van der Waals surface area contributed by atoms with Gasteiger partial charge >= 0.3 is 5.97 Å². The molecular weight excluding hydrogens is 306 g/mol. The fourth-order valence-corrected chi connectivity index (χ4v) is 2.32. The van der Waals surface area contributed by atoms with E-state index >= 15 is 0 Å². The molecule has 1 N–H and O–H groups in total. The molecule has 1 aromatic heterocycles. The molecule has 6 nitrogen and oxygen atoms in total. The second-order valence-corrected chi connectivity index (χ2v) is 5.27. The zero-order valence-electron chi connectivity index (χ0n) is 13.4. The smallest absolute Gasteiger partial charge is 0.375 e. The van der Waals surface area contributed by atoms with Gasteiger partial charge in [0.1, 0.15) is 5.75 Å². The molecule has 0 radical (unpaired) electrons. The third-order valence-corrected chi connectivity index (χ3v) is 3.50. The largest absolute Gasteiger partial charge is 0.494 e. The van der Waals surface area contributed by atoms with Crippen LogP contribution in [0.1, 0.15) is 23.1 Å². The van der Waals surface area contributed by atoms with Crippen molar-refractivity contribution in [2.45, 2.75) is 13.8 Å². The highest BCUT2D eigenvalue weighted by atomic mass is 16.5. The van der Waals surface area contributed by atoms with Gasteiger partial charge in [-0.1, -0.05) is 29.8 Å². The summed E-state index contributed by atoms with van der Waals surface area (Å²) in [6, 6.07) is 15.0. The Hall–Kier alpha value is -3.15. The summed E-state index contributed by atoms with van der Waals surface area (Å²) in [6.45, 7) is 4.49. The summed E-state index contributed by atoms with van der Waals surface area (Å²) in [5.41, 5.74) is 2.63. The van der Waals surface area contributed by atoms with Gasteiger partial charge < -0.3 is 9.84 Å². The van der Waals surface area contributed by atoms with Crippen molar-refractivity contribution in [3.8, 4) is 22.8 Å². The Balaban J connectivity index is 2.08. The van der Waals surface area contributed by atoms with Crippen LogP contribution in [0.2, 0.25) is 0 Å². The molecule has 0 fully saturated rings. The zero-order valence-corrected chi connectivity index (χ0v) is 13.4. The molecule has 6 heteroatoms. The zero-order chi connectivity index (χ0) is 17.1. The molecule has 3 rings (SSSR count). The van der Waals surface area contributed by atoms with E-state index in [9.17, 15) is 9.90 Å². The average molecular weight is 323 g/mol. The SMILES string of the molecule is CCOc1ccc(-n2nc(C(=O)O)nc2-c2ccc(C)cc2)cc1. The van der Waals surface area contributed by atoms with Crippen molar-refractivity contribution in [3.63, 3.8) is 0 Å². The molecule has 0 atom stereocenters. The number of benzene rings is 2. The lowest BCUT2D eigenvalue weighted by Gasteiger charge is -2.08. The van der Waals surface area contributed by atoms with E-state index in [-0.39, 0.29) is 5.82 Å². The molecule has 0 saturated heterocycles. The van der Waals surface area contributed by atoms with Gasteiger partial charge in [0, 0.05) is 5.56 Å². The van der Waals surface area contributed by atoms with Gasteiger partial charge in [-0.2, -0.15) is 0 Å². The molecule has 0 spiro atoms. The molecule has 2 aromatic carbocycles. The third kappa shape index (κ3) is 3.12. The number of aromatic carboxylic acids is 1. The van der Waals surface area contributed by atoms with Gasteiger partial charge in [-0.25, -0.2) is 14.5 Å². The summed E-state index contributed by atoms with van der Waals surface area (Å²) < 4.78 is 6.96. The lowest BCUT2D eigenvalue weighted by Crippen LogP contribution is -2.02. The molecule has 0 aliphatic carbocycles. The van der Waals surface area contributed by atoms with E-state index in [0.717, 1.165) is 16.9 Å². The first-order valence-corrected chi connectivity index (χ1v) is 7.59. The van der Waals surface area contributed by atoms with E-state index in [4.69, 9.17) is 4.74 Å². The first kappa shape index (κ1) is 15.7. The number of carbonyl (C=O) groups is 1. The lowest BCUT2D eigenvalue weighted by molar-refractivity contribution is 0.0683. The van der Waals surface area contributed by atoms with Gasteiger partial charge in [-0.15, -0.1) is 5.10 Å². The van der Waals surface area contributed by atoms with Crippen molar-refractivity contribution in [3.05, 3.63) is 59.9 Å². The van der Waals surface area contributed by atoms with Crippen molar-refractivity contribution < 1.29 is 14.6 Å². The van der Waals surface area contributed by atoms with Crippen LogP contribution < -0.4 is 4.74 Å². The molecule has 0 aliphatic rings. The summed E-state index contributed by atoms with van der Waals surface area (Å²) in [4.78, 5) is 15.4. The normalized spacial score (nSPS) is 10.6. The Bertz CT molecular complexity index is 852. The molecule has 0 aliphatic heterocycles. The van der Waals surface area contributed by atoms with Crippen molar-refractivity contribution >= 4 is 5.97 Å². The fraction of sp³-hybridized carbons (Fsp3) is 0.167. The van der Waals surface area contributed by atoms with Crippen molar-refractivity contribution in [2.24, 2.45) is 0 Å². The van der Waals surface area contributed by atoms with Gasteiger partial charge in [0.05, 0.1) is 12.3 Å². The van der Waals surface area contributed by atoms with Gasteiger partial charge in [0.2, 0.25) is 0 Å². The highest BCUT2D eigenvalue weighted by Crippen LogP contribution is 2.23. The van der Waals surface area contributed by atoms with Gasteiger partial charge in [-0.05, 0) is 38.1 Å². The molecule has 1 heterocycles. The second-order valence-electron chi connectivity index (χ2n) is 5.27. The van der Waals surface area contributed by atoms with Crippen LogP contribution >= 0.6 is 0 Å². The molecule has 3 aromatic rings. The maximum atomic E-state index is 11.3. The van der Waals surface area contributed by atoms with E-state index in [1.807, 2.05) is 62.4 Å². The second kappa shape index (κ2) is 6.54. The van der Waals surface area contributed by atoms with Crippen LogP contribution in [0.3, 0.4) is 0 Å².